The van der Waals surface area contributed by atoms with Crippen molar-refractivity contribution in [1.82, 2.24) is 28.9 Å². The van der Waals surface area contributed by atoms with Gasteiger partial charge in [0.05, 0.1) is 36.8 Å². The number of hydrogen-bond acceptors (Lipinski definition) is 6. The summed E-state index contributed by atoms with van der Waals surface area (Å²) in [6, 6.07) is 14.9. The van der Waals surface area contributed by atoms with Gasteiger partial charge in [-0.25, -0.2) is 9.97 Å². The van der Waals surface area contributed by atoms with Gasteiger partial charge in [-0.3, -0.25) is 29.0 Å². The van der Waals surface area contributed by atoms with Crippen LogP contribution in [0.25, 0.3) is 43.1 Å². The van der Waals surface area contributed by atoms with Gasteiger partial charge < -0.3 is 9.13 Å². The van der Waals surface area contributed by atoms with Gasteiger partial charge in [-0.15, -0.1) is 0 Å². The summed E-state index contributed by atoms with van der Waals surface area (Å²) in [4.78, 5) is 72.9. The average molecular weight is 943 g/mol. The second kappa shape index (κ2) is 22.5. The van der Waals surface area contributed by atoms with Crippen molar-refractivity contribution in [2.45, 2.75) is 193 Å². The summed E-state index contributed by atoms with van der Waals surface area (Å²) >= 11 is 0. The monoisotopic (exact) mass is 943 g/mol. The largest absolute Gasteiger partial charge is 0.332 e. The molecule has 4 atom stereocenters. The molecule has 5 aromatic carbocycles. The molecule has 7 aromatic rings. The Labute approximate surface area is 414 Å². The molecule has 0 bridgehead atoms. The van der Waals surface area contributed by atoms with Crippen LogP contribution < -0.4 is 0 Å². The van der Waals surface area contributed by atoms with Crippen molar-refractivity contribution in [3.8, 4) is 0 Å². The normalized spacial score (nSPS) is 15.7. The number of carbonyl (C=O) groups excluding carboxylic acids is 4. The smallest absolute Gasteiger partial charge is 0.261 e. The van der Waals surface area contributed by atoms with E-state index >= 15 is 19.2 Å². The molecule has 2 aliphatic rings. The van der Waals surface area contributed by atoms with Crippen molar-refractivity contribution >= 4 is 66.7 Å². The first-order valence-electron chi connectivity index (χ1n) is 27.2. The van der Waals surface area contributed by atoms with E-state index in [0.29, 0.717) is 33.0 Å². The third kappa shape index (κ3) is 9.27. The van der Waals surface area contributed by atoms with E-state index in [4.69, 9.17) is 0 Å². The highest BCUT2D eigenvalue weighted by Gasteiger charge is 2.44. The molecule has 0 spiro atoms. The minimum atomic E-state index is -0.337. The molecule has 0 fully saturated rings. The lowest BCUT2D eigenvalue weighted by atomic mass is 9.81. The summed E-state index contributed by atoms with van der Waals surface area (Å²) in [6.07, 6.45) is 34.1. The molecule has 2 aliphatic heterocycles. The number of fused-ring (bicyclic) bond motifs is 2. The predicted octanol–water partition coefficient (Wildman–Crippen LogP) is 15.2. The Morgan fingerprint density at radius 1 is 0.357 bits per heavy atom. The fourth-order valence-electron chi connectivity index (χ4n) is 12.4. The fourth-order valence-corrected chi connectivity index (χ4v) is 12.4. The maximum Gasteiger partial charge on any atom is 0.261 e. The first-order chi connectivity index (χ1) is 34.3. The average Bonchev–Trinajstić information content (AvgIpc) is 4.12. The van der Waals surface area contributed by atoms with Crippen molar-refractivity contribution in [2.24, 2.45) is 0 Å². The number of imide groups is 2. The highest BCUT2D eigenvalue weighted by Crippen LogP contribution is 2.48. The van der Waals surface area contributed by atoms with E-state index in [0.717, 1.165) is 161 Å². The van der Waals surface area contributed by atoms with Crippen molar-refractivity contribution in [3.63, 3.8) is 0 Å². The number of unbranched alkanes of at least 4 members (excludes halogenated alkanes) is 14. The molecule has 70 heavy (non-hydrogen) atoms. The Kier molecular flexibility index (Phi) is 15.7. The molecule has 0 saturated carbocycles. The van der Waals surface area contributed by atoms with Crippen LogP contribution in [0.3, 0.4) is 0 Å². The molecular weight excluding hydrogens is 869 g/mol. The second-order valence-corrected chi connectivity index (χ2v) is 20.5. The summed E-state index contributed by atoms with van der Waals surface area (Å²) in [5.74, 6) is -0.981. The van der Waals surface area contributed by atoms with Crippen LogP contribution >= 0.6 is 0 Å². The predicted molar refractivity (Wildman–Crippen MR) is 283 cm³/mol. The Hall–Kier alpha value is -5.90. The van der Waals surface area contributed by atoms with Crippen LogP contribution in [0.2, 0.25) is 0 Å². The van der Waals surface area contributed by atoms with Crippen molar-refractivity contribution < 1.29 is 19.2 Å². The van der Waals surface area contributed by atoms with Crippen LogP contribution in [-0.4, -0.2) is 64.6 Å². The quantitative estimate of drug-likeness (QED) is 0.0209. The van der Waals surface area contributed by atoms with Gasteiger partial charge in [-0.1, -0.05) is 168 Å². The van der Waals surface area contributed by atoms with Crippen LogP contribution in [0.1, 0.15) is 222 Å². The third-order valence-corrected chi connectivity index (χ3v) is 16.0. The number of imidazole rings is 2. The highest BCUT2D eigenvalue weighted by atomic mass is 16.2. The number of rotatable bonds is 28. The molecule has 4 amide bonds. The summed E-state index contributed by atoms with van der Waals surface area (Å²) in [6.45, 7) is 8.87. The maximum atomic E-state index is 15.2. The van der Waals surface area contributed by atoms with Crippen LogP contribution in [0.4, 0.5) is 0 Å². The molecule has 0 radical (unpaired) electrons. The maximum absolute atomic E-state index is 15.2. The van der Waals surface area contributed by atoms with Crippen LogP contribution in [0.5, 0.6) is 0 Å². The Morgan fingerprint density at radius 3 is 0.929 bits per heavy atom. The molecule has 4 heterocycles. The van der Waals surface area contributed by atoms with E-state index in [9.17, 15) is 0 Å². The molecule has 0 N–H and O–H groups in total. The zero-order chi connectivity index (χ0) is 48.7. The van der Waals surface area contributed by atoms with Gasteiger partial charge in [-0.2, -0.15) is 0 Å². The molecule has 368 valence electrons. The van der Waals surface area contributed by atoms with E-state index in [1.807, 2.05) is 73.6 Å². The molecule has 10 heteroatoms. The van der Waals surface area contributed by atoms with Gasteiger partial charge in [0.25, 0.3) is 23.6 Å². The lowest BCUT2D eigenvalue weighted by Crippen LogP contribution is -2.50. The SMILES string of the molecule is CCCCCCCC(C(CCCCCC)n1ccnc1)N1C(=O)c2ccc3c4ccc5c6c(ccc(c7ccc(c2c37)C1=O)c64)C(=O)N(C(CCCCCCC)C(CCCCCC)n1ccnc1)C5=O. The van der Waals surface area contributed by atoms with E-state index in [2.05, 4.69) is 46.8 Å². The van der Waals surface area contributed by atoms with Crippen molar-refractivity contribution in [1.29, 1.82) is 0 Å². The molecule has 9 rings (SSSR count). The lowest BCUT2D eigenvalue weighted by Gasteiger charge is -2.39. The zero-order valence-corrected chi connectivity index (χ0v) is 42.3. The Balaban J connectivity index is 1.12. The van der Waals surface area contributed by atoms with Crippen LogP contribution in [0.15, 0.2) is 86.0 Å². The van der Waals surface area contributed by atoms with Gasteiger partial charge in [0.1, 0.15) is 0 Å². The molecule has 2 aromatic heterocycles. The van der Waals surface area contributed by atoms with Crippen LogP contribution in [-0.2, 0) is 0 Å². The number of benzene rings is 5. The molecular formula is C60H74N6O4. The first-order valence-corrected chi connectivity index (χ1v) is 27.2. The number of hydrogen-bond donors (Lipinski definition) is 0. The summed E-state index contributed by atoms with van der Waals surface area (Å²) in [7, 11) is 0. The molecule has 4 unspecified atom stereocenters. The second-order valence-electron chi connectivity index (χ2n) is 20.5. The van der Waals surface area contributed by atoms with Crippen LogP contribution in [0, 0.1) is 0 Å². The summed E-state index contributed by atoms with van der Waals surface area (Å²) in [5, 5.41) is 6.74. The van der Waals surface area contributed by atoms with Crippen molar-refractivity contribution in [3.05, 3.63) is 108 Å². The topological polar surface area (TPSA) is 110 Å². The number of aromatic nitrogens is 4. The summed E-state index contributed by atoms with van der Waals surface area (Å²) < 4.78 is 4.26. The van der Waals surface area contributed by atoms with Crippen molar-refractivity contribution in [2.75, 3.05) is 0 Å². The van der Waals surface area contributed by atoms with Gasteiger partial charge in [-0.05, 0) is 82.3 Å². The lowest BCUT2D eigenvalue weighted by molar-refractivity contribution is 0.0448. The zero-order valence-electron chi connectivity index (χ0n) is 42.3. The van der Waals surface area contributed by atoms with Gasteiger partial charge >= 0.3 is 0 Å². The number of amides is 4. The van der Waals surface area contributed by atoms with Gasteiger partial charge in [0.15, 0.2) is 0 Å². The Morgan fingerprint density at radius 2 is 0.643 bits per heavy atom. The first kappa shape index (κ1) is 49.1. The Bertz CT molecular complexity index is 2600. The fraction of sp³-hybridized carbons (Fsp3) is 0.500. The standard InChI is InChI=1S/C60H74N6O4/c1-5-9-13-17-21-25-51(49(23-19-15-11-7-3)63-37-35-61-39-63)65-57(67)45-31-27-41-43-29-33-47-56-48(34-30-44(54(43)56)42-28-32-46(58(65)68)55(45)53(41)42)60(70)66(59(47)69)52(26-22-18-14-10-6-2)50(24-20-16-12-8-4)64-38-36-62-40-64/h27-40,49-52H,5-26H2,1-4H3. The number of nitrogens with zero attached hydrogens (tertiary/aromatic N) is 6. The highest BCUT2D eigenvalue weighted by molar-refractivity contribution is 6.41. The van der Waals surface area contributed by atoms with E-state index < -0.39 is 0 Å². The van der Waals surface area contributed by atoms with E-state index in [-0.39, 0.29) is 47.8 Å². The van der Waals surface area contributed by atoms with Gasteiger partial charge in [0.2, 0.25) is 0 Å². The van der Waals surface area contributed by atoms with E-state index in [1.165, 1.54) is 12.8 Å². The minimum absolute atomic E-state index is 0.0932. The minimum Gasteiger partial charge on any atom is -0.332 e. The van der Waals surface area contributed by atoms with Gasteiger partial charge in [0, 0.05) is 57.8 Å². The summed E-state index contributed by atoms with van der Waals surface area (Å²) in [5.41, 5.74) is 2.16. The molecule has 0 aliphatic carbocycles. The molecule has 10 nitrogen and oxygen atoms in total. The molecule has 0 saturated heterocycles. The number of carbonyl (C=O) groups is 4. The third-order valence-electron chi connectivity index (χ3n) is 16.0. The van der Waals surface area contributed by atoms with E-state index in [1.54, 1.807) is 22.2 Å².